The van der Waals surface area contributed by atoms with Crippen molar-refractivity contribution < 1.29 is 9.66 Å². The van der Waals surface area contributed by atoms with Crippen LogP contribution in [-0.2, 0) is 0 Å². The van der Waals surface area contributed by atoms with Crippen molar-refractivity contribution in [1.82, 2.24) is 4.98 Å². The van der Waals surface area contributed by atoms with Crippen LogP contribution >= 0.6 is 23.2 Å². The molecular weight excluding hydrogens is 291 g/mol. The third-order valence-corrected chi connectivity index (χ3v) is 2.80. The molecule has 0 amide bonds. The summed E-state index contributed by atoms with van der Waals surface area (Å²) in [5, 5.41) is 11.3. The minimum absolute atomic E-state index is 0.0574. The van der Waals surface area contributed by atoms with Crippen LogP contribution in [0.25, 0.3) is 0 Å². The maximum Gasteiger partial charge on any atom is 0.313 e. The molecular formula is C12H8Cl2N2O3. The summed E-state index contributed by atoms with van der Waals surface area (Å²) in [6.07, 6.45) is 0. The number of pyridine rings is 1. The monoisotopic (exact) mass is 298 g/mol. The first-order chi connectivity index (χ1) is 8.97. The minimum atomic E-state index is -0.573. The molecule has 0 aliphatic rings. The Morgan fingerprint density at radius 1 is 1.21 bits per heavy atom. The van der Waals surface area contributed by atoms with E-state index < -0.39 is 4.92 Å². The molecule has 0 saturated carbocycles. The van der Waals surface area contributed by atoms with E-state index in [4.69, 9.17) is 27.9 Å². The van der Waals surface area contributed by atoms with Gasteiger partial charge in [0.05, 0.1) is 4.92 Å². The topological polar surface area (TPSA) is 65.3 Å². The molecule has 5 nitrogen and oxygen atoms in total. The van der Waals surface area contributed by atoms with E-state index in [1.54, 1.807) is 19.1 Å². The Morgan fingerprint density at radius 2 is 1.89 bits per heavy atom. The van der Waals surface area contributed by atoms with E-state index in [0.29, 0.717) is 0 Å². The summed E-state index contributed by atoms with van der Waals surface area (Å²) in [6, 6.07) is 7.43. The van der Waals surface area contributed by atoms with E-state index in [0.717, 1.165) is 5.69 Å². The van der Waals surface area contributed by atoms with Gasteiger partial charge in [-0.15, -0.1) is 0 Å². The van der Waals surface area contributed by atoms with Crippen molar-refractivity contribution in [1.29, 1.82) is 0 Å². The SMILES string of the molecule is Cc1ccc(Oc2ccc(Cl)cc2[N+](=O)[O-])c(Cl)n1. The van der Waals surface area contributed by atoms with E-state index in [9.17, 15) is 10.1 Å². The second-order valence-electron chi connectivity index (χ2n) is 3.71. The fourth-order valence-corrected chi connectivity index (χ4v) is 1.83. The third kappa shape index (κ3) is 3.13. The maximum atomic E-state index is 10.9. The van der Waals surface area contributed by atoms with Crippen LogP contribution in [0.15, 0.2) is 30.3 Å². The molecule has 0 bridgehead atoms. The number of nitro groups is 1. The Labute approximate surface area is 118 Å². The first kappa shape index (κ1) is 13.6. The van der Waals surface area contributed by atoms with Gasteiger partial charge in [-0.1, -0.05) is 23.2 Å². The van der Waals surface area contributed by atoms with Gasteiger partial charge in [0.15, 0.2) is 10.9 Å². The van der Waals surface area contributed by atoms with Gasteiger partial charge in [-0.2, -0.15) is 0 Å². The van der Waals surface area contributed by atoms with Gasteiger partial charge in [-0.3, -0.25) is 10.1 Å². The molecule has 0 spiro atoms. The summed E-state index contributed by atoms with van der Waals surface area (Å²) in [5.41, 5.74) is 0.493. The first-order valence-corrected chi connectivity index (χ1v) is 5.98. The standard InChI is InChI=1S/C12H8Cl2N2O3/c1-7-2-4-11(12(14)15-7)19-10-5-3-8(13)6-9(10)16(17)18/h2-6H,1H3. The summed E-state index contributed by atoms with van der Waals surface area (Å²) >= 11 is 11.6. The highest BCUT2D eigenvalue weighted by atomic mass is 35.5. The third-order valence-electron chi connectivity index (χ3n) is 2.29. The van der Waals surface area contributed by atoms with Crippen LogP contribution in [0, 0.1) is 17.0 Å². The Kier molecular flexibility index (Phi) is 3.87. The van der Waals surface area contributed by atoms with E-state index in [2.05, 4.69) is 4.98 Å². The highest BCUT2D eigenvalue weighted by molar-refractivity contribution is 6.31. The molecule has 19 heavy (non-hydrogen) atoms. The van der Waals surface area contributed by atoms with Crippen LogP contribution in [0.1, 0.15) is 5.69 Å². The van der Waals surface area contributed by atoms with E-state index in [1.807, 2.05) is 0 Å². The van der Waals surface area contributed by atoms with Crippen molar-refractivity contribution in [3.05, 3.63) is 56.3 Å². The van der Waals surface area contributed by atoms with Crippen molar-refractivity contribution >= 4 is 28.9 Å². The molecule has 98 valence electrons. The number of nitrogens with zero attached hydrogens (tertiary/aromatic N) is 2. The molecule has 7 heteroatoms. The van der Waals surface area contributed by atoms with Gasteiger partial charge in [0.2, 0.25) is 5.75 Å². The number of halogens is 2. The summed E-state index contributed by atoms with van der Waals surface area (Å²) in [5.74, 6) is 0.305. The summed E-state index contributed by atoms with van der Waals surface area (Å²) < 4.78 is 5.42. The summed E-state index contributed by atoms with van der Waals surface area (Å²) in [7, 11) is 0. The van der Waals surface area contributed by atoms with E-state index >= 15 is 0 Å². The number of aromatic nitrogens is 1. The van der Waals surface area contributed by atoms with Gasteiger partial charge in [0, 0.05) is 16.8 Å². The zero-order chi connectivity index (χ0) is 14.0. The average Bonchev–Trinajstić information content (AvgIpc) is 2.34. The molecule has 0 saturated heterocycles. The molecule has 2 rings (SSSR count). The lowest BCUT2D eigenvalue weighted by Gasteiger charge is -2.08. The van der Waals surface area contributed by atoms with Crippen LogP contribution in [-0.4, -0.2) is 9.91 Å². The number of aryl methyl sites for hydroxylation is 1. The molecule has 0 atom stereocenters. The molecule has 0 radical (unpaired) electrons. The van der Waals surface area contributed by atoms with Gasteiger partial charge in [0.1, 0.15) is 0 Å². The highest BCUT2D eigenvalue weighted by Crippen LogP contribution is 2.35. The lowest BCUT2D eigenvalue weighted by atomic mass is 10.3. The molecule has 2 aromatic rings. The summed E-state index contributed by atoms with van der Waals surface area (Å²) in [6.45, 7) is 1.78. The average molecular weight is 299 g/mol. The molecule has 1 aromatic heterocycles. The number of nitro benzene ring substituents is 1. The Balaban J connectivity index is 2.40. The predicted molar refractivity (Wildman–Crippen MR) is 72.2 cm³/mol. The van der Waals surface area contributed by atoms with Gasteiger partial charge in [-0.05, 0) is 31.2 Å². The lowest BCUT2D eigenvalue weighted by Crippen LogP contribution is -1.95. The molecule has 0 aliphatic heterocycles. The number of benzene rings is 1. The molecule has 0 unspecified atom stereocenters. The Hall–Kier alpha value is -1.85. The fraction of sp³-hybridized carbons (Fsp3) is 0.0833. The second-order valence-corrected chi connectivity index (χ2v) is 4.51. The zero-order valence-corrected chi connectivity index (χ0v) is 11.3. The van der Waals surface area contributed by atoms with Crippen LogP contribution in [0.3, 0.4) is 0 Å². The normalized spacial score (nSPS) is 10.3. The smallest absolute Gasteiger partial charge is 0.313 e. The first-order valence-electron chi connectivity index (χ1n) is 5.22. The van der Waals surface area contributed by atoms with Crippen molar-refractivity contribution in [3.63, 3.8) is 0 Å². The van der Waals surface area contributed by atoms with Gasteiger partial charge >= 0.3 is 5.69 Å². The van der Waals surface area contributed by atoms with Crippen molar-refractivity contribution in [3.8, 4) is 11.5 Å². The van der Waals surface area contributed by atoms with Gasteiger partial charge in [0.25, 0.3) is 0 Å². The largest absolute Gasteiger partial charge is 0.447 e. The molecule has 0 N–H and O–H groups in total. The van der Waals surface area contributed by atoms with Crippen LogP contribution < -0.4 is 4.74 Å². The quantitative estimate of drug-likeness (QED) is 0.478. The van der Waals surface area contributed by atoms with Crippen LogP contribution in [0.2, 0.25) is 10.2 Å². The van der Waals surface area contributed by atoms with Crippen molar-refractivity contribution in [2.45, 2.75) is 6.92 Å². The number of hydrogen-bond donors (Lipinski definition) is 0. The second kappa shape index (κ2) is 5.42. The maximum absolute atomic E-state index is 10.9. The van der Waals surface area contributed by atoms with Crippen molar-refractivity contribution in [2.75, 3.05) is 0 Å². The minimum Gasteiger partial charge on any atom is -0.447 e. The van der Waals surface area contributed by atoms with Gasteiger partial charge < -0.3 is 4.74 Å². The van der Waals surface area contributed by atoms with Crippen LogP contribution in [0.4, 0.5) is 5.69 Å². The molecule has 1 heterocycles. The number of ether oxygens (including phenoxy) is 1. The molecule has 1 aromatic carbocycles. The highest BCUT2D eigenvalue weighted by Gasteiger charge is 2.17. The molecule has 0 aliphatic carbocycles. The van der Waals surface area contributed by atoms with E-state index in [1.165, 1.54) is 18.2 Å². The van der Waals surface area contributed by atoms with Crippen molar-refractivity contribution in [2.24, 2.45) is 0 Å². The van der Waals surface area contributed by atoms with Gasteiger partial charge in [-0.25, -0.2) is 4.98 Å². The molecule has 0 fully saturated rings. The fourth-order valence-electron chi connectivity index (χ4n) is 1.43. The van der Waals surface area contributed by atoms with Crippen LogP contribution in [0.5, 0.6) is 11.5 Å². The lowest BCUT2D eigenvalue weighted by molar-refractivity contribution is -0.385. The van der Waals surface area contributed by atoms with E-state index in [-0.39, 0.29) is 27.4 Å². The Bertz CT molecular complexity index is 647. The predicted octanol–water partition coefficient (Wildman–Crippen LogP) is 4.40. The number of hydrogen-bond acceptors (Lipinski definition) is 4. The zero-order valence-electron chi connectivity index (χ0n) is 9.76. The number of rotatable bonds is 3. The Morgan fingerprint density at radius 3 is 2.53 bits per heavy atom. The summed E-state index contributed by atoms with van der Waals surface area (Å²) in [4.78, 5) is 14.4.